The summed E-state index contributed by atoms with van der Waals surface area (Å²) in [5.74, 6) is 0. The van der Waals surface area contributed by atoms with Gasteiger partial charge in [-0.1, -0.05) is 36.5 Å². The van der Waals surface area contributed by atoms with Gasteiger partial charge in [0.1, 0.15) is 11.3 Å². The molecular weight excluding hydrogens is 262 g/mol. The topological polar surface area (TPSA) is 30.0 Å². The second-order valence-electron chi connectivity index (χ2n) is 3.98. The van der Waals surface area contributed by atoms with Gasteiger partial charge in [0.2, 0.25) is 0 Å². The molecule has 0 aliphatic rings. The number of carbonyl (C=O) groups excluding carboxylic acids is 1. The van der Waals surface area contributed by atoms with Crippen molar-refractivity contribution in [3.63, 3.8) is 0 Å². The molecule has 0 saturated heterocycles. The Hall–Kier alpha value is -1.39. The van der Waals surface area contributed by atoms with Crippen LogP contribution in [-0.4, -0.2) is 16.1 Å². The summed E-state index contributed by atoms with van der Waals surface area (Å²) in [6.07, 6.45) is 2.18. The van der Waals surface area contributed by atoms with E-state index in [4.69, 9.17) is 12.2 Å². The number of thiocarbonyl (C=S) groups is 1. The number of nitrogens with zero attached hydrogens (tertiary/aromatic N) is 1. The highest BCUT2D eigenvalue weighted by Crippen LogP contribution is 2.24. The second kappa shape index (κ2) is 5.98. The standard InChI is InChI=1S/C14H13NOS2/c1-10(17)11-4-6-12(7-5-11)14-15-13(9-18-14)3-2-8-16/h4-9H,2-3H2,1H3. The molecule has 0 N–H and O–H groups in total. The zero-order chi connectivity index (χ0) is 13.0. The molecule has 4 heteroatoms. The molecule has 0 aliphatic carbocycles. The van der Waals surface area contributed by atoms with Gasteiger partial charge < -0.3 is 4.79 Å². The molecule has 0 spiro atoms. The van der Waals surface area contributed by atoms with Crippen LogP contribution < -0.4 is 0 Å². The van der Waals surface area contributed by atoms with Crippen LogP contribution >= 0.6 is 23.6 Å². The summed E-state index contributed by atoms with van der Waals surface area (Å²) in [6.45, 7) is 1.92. The summed E-state index contributed by atoms with van der Waals surface area (Å²) in [5, 5.41) is 3.00. The van der Waals surface area contributed by atoms with E-state index in [1.54, 1.807) is 11.3 Å². The van der Waals surface area contributed by atoms with Crippen molar-refractivity contribution in [1.82, 2.24) is 4.98 Å². The van der Waals surface area contributed by atoms with Gasteiger partial charge in [0.15, 0.2) is 0 Å². The molecule has 1 aromatic carbocycles. The predicted molar refractivity (Wildman–Crippen MR) is 79.3 cm³/mol. The Morgan fingerprint density at radius 3 is 2.72 bits per heavy atom. The number of aldehydes is 1. The molecule has 18 heavy (non-hydrogen) atoms. The minimum absolute atomic E-state index is 0.534. The lowest BCUT2D eigenvalue weighted by atomic mass is 10.1. The van der Waals surface area contributed by atoms with E-state index in [0.717, 1.165) is 39.4 Å². The van der Waals surface area contributed by atoms with Gasteiger partial charge in [-0.25, -0.2) is 4.98 Å². The number of benzene rings is 1. The quantitative estimate of drug-likeness (QED) is 0.473. The smallest absolute Gasteiger partial charge is 0.123 e. The first-order valence-electron chi connectivity index (χ1n) is 5.70. The van der Waals surface area contributed by atoms with Gasteiger partial charge in [-0.05, 0) is 18.9 Å². The third kappa shape index (κ3) is 3.09. The highest BCUT2D eigenvalue weighted by atomic mass is 32.1. The van der Waals surface area contributed by atoms with Crippen LogP contribution in [0.3, 0.4) is 0 Å². The zero-order valence-electron chi connectivity index (χ0n) is 10.1. The fraction of sp³-hybridized carbons (Fsp3) is 0.214. The van der Waals surface area contributed by atoms with Crippen molar-refractivity contribution in [1.29, 1.82) is 0 Å². The highest BCUT2D eigenvalue weighted by molar-refractivity contribution is 7.80. The van der Waals surface area contributed by atoms with Crippen molar-refractivity contribution in [3.8, 4) is 10.6 Å². The van der Waals surface area contributed by atoms with Crippen molar-refractivity contribution in [2.75, 3.05) is 0 Å². The average molecular weight is 275 g/mol. The van der Waals surface area contributed by atoms with Crippen molar-refractivity contribution >= 4 is 34.7 Å². The summed E-state index contributed by atoms with van der Waals surface area (Å²) in [5.41, 5.74) is 3.15. The molecule has 0 radical (unpaired) electrons. The lowest BCUT2D eigenvalue weighted by Gasteiger charge is -1.99. The van der Waals surface area contributed by atoms with E-state index in [1.807, 2.05) is 36.6 Å². The van der Waals surface area contributed by atoms with Gasteiger partial charge in [0.25, 0.3) is 0 Å². The number of aromatic nitrogens is 1. The number of aryl methyl sites for hydroxylation is 1. The molecule has 2 aromatic rings. The number of carbonyl (C=O) groups is 1. The van der Waals surface area contributed by atoms with E-state index in [0.29, 0.717) is 6.42 Å². The average Bonchev–Trinajstić information content (AvgIpc) is 2.85. The van der Waals surface area contributed by atoms with E-state index in [2.05, 4.69) is 4.98 Å². The SMILES string of the molecule is CC(=S)c1ccc(-c2nc(CCC=O)cs2)cc1. The molecule has 2 rings (SSSR count). The van der Waals surface area contributed by atoms with Crippen molar-refractivity contribution in [3.05, 3.63) is 40.9 Å². The summed E-state index contributed by atoms with van der Waals surface area (Å²) in [4.78, 5) is 15.7. The van der Waals surface area contributed by atoms with Gasteiger partial charge in [-0.2, -0.15) is 0 Å². The van der Waals surface area contributed by atoms with Gasteiger partial charge >= 0.3 is 0 Å². The molecule has 0 atom stereocenters. The third-order valence-corrected chi connectivity index (χ3v) is 3.78. The van der Waals surface area contributed by atoms with Crippen LogP contribution in [0.15, 0.2) is 29.6 Å². The Bertz CT molecular complexity index is 557. The van der Waals surface area contributed by atoms with Crippen LogP contribution in [0.1, 0.15) is 24.6 Å². The number of thiazole rings is 1. The minimum Gasteiger partial charge on any atom is -0.303 e. The molecule has 0 bridgehead atoms. The summed E-state index contributed by atoms with van der Waals surface area (Å²) < 4.78 is 0. The minimum atomic E-state index is 0.534. The highest BCUT2D eigenvalue weighted by Gasteiger charge is 2.05. The Morgan fingerprint density at radius 1 is 1.39 bits per heavy atom. The van der Waals surface area contributed by atoms with E-state index in [-0.39, 0.29) is 0 Å². The van der Waals surface area contributed by atoms with Crippen LogP contribution in [0.4, 0.5) is 0 Å². The molecule has 92 valence electrons. The first-order valence-corrected chi connectivity index (χ1v) is 6.99. The van der Waals surface area contributed by atoms with Crippen LogP contribution in [0.2, 0.25) is 0 Å². The number of hydrogen-bond acceptors (Lipinski definition) is 4. The summed E-state index contributed by atoms with van der Waals surface area (Å²) >= 11 is 6.74. The monoisotopic (exact) mass is 275 g/mol. The lowest BCUT2D eigenvalue weighted by molar-refractivity contribution is -0.107. The van der Waals surface area contributed by atoms with Gasteiger partial charge in [-0.3, -0.25) is 0 Å². The van der Waals surface area contributed by atoms with Crippen LogP contribution in [-0.2, 0) is 11.2 Å². The molecule has 0 unspecified atom stereocenters. The molecular formula is C14H13NOS2. The number of hydrogen-bond donors (Lipinski definition) is 0. The molecule has 1 heterocycles. The zero-order valence-corrected chi connectivity index (χ0v) is 11.7. The van der Waals surface area contributed by atoms with E-state index < -0.39 is 0 Å². The van der Waals surface area contributed by atoms with E-state index in [1.165, 1.54) is 0 Å². The fourth-order valence-corrected chi connectivity index (χ4v) is 2.61. The largest absolute Gasteiger partial charge is 0.303 e. The summed E-state index contributed by atoms with van der Waals surface area (Å²) in [6, 6.07) is 8.11. The van der Waals surface area contributed by atoms with Crippen molar-refractivity contribution in [2.24, 2.45) is 0 Å². The molecule has 1 aromatic heterocycles. The Labute approximate surface area is 116 Å². The van der Waals surface area contributed by atoms with Crippen LogP contribution in [0, 0.1) is 0 Å². The fourth-order valence-electron chi connectivity index (χ4n) is 1.61. The molecule has 2 nitrogen and oxygen atoms in total. The van der Waals surface area contributed by atoms with Crippen molar-refractivity contribution in [2.45, 2.75) is 19.8 Å². The van der Waals surface area contributed by atoms with Crippen molar-refractivity contribution < 1.29 is 4.79 Å². The van der Waals surface area contributed by atoms with Crippen LogP contribution in [0.5, 0.6) is 0 Å². The van der Waals surface area contributed by atoms with E-state index in [9.17, 15) is 4.79 Å². The lowest BCUT2D eigenvalue weighted by Crippen LogP contribution is -1.89. The van der Waals surface area contributed by atoms with Crippen LogP contribution in [0.25, 0.3) is 10.6 Å². The van der Waals surface area contributed by atoms with Gasteiger partial charge in [0, 0.05) is 22.2 Å². The molecule has 0 fully saturated rings. The number of rotatable bonds is 5. The summed E-state index contributed by atoms with van der Waals surface area (Å²) in [7, 11) is 0. The van der Waals surface area contributed by atoms with Gasteiger partial charge in [-0.15, -0.1) is 11.3 Å². The Morgan fingerprint density at radius 2 is 2.11 bits per heavy atom. The molecule has 0 amide bonds. The Kier molecular flexibility index (Phi) is 4.33. The maximum Gasteiger partial charge on any atom is 0.123 e. The van der Waals surface area contributed by atoms with Gasteiger partial charge in [0.05, 0.1) is 5.69 Å². The normalized spacial score (nSPS) is 10.3. The maximum absolute atomic E-state index is 10.3. The third-order valence-electron chi connectivity index (χ3n) is 2.61. The first kappa shape index (κ1) is 13.1. The molecule has 0 aliphatic heterocycles. The van der Waals surface area contributed by atoms with E-state index >= 15 is 0 Å². The maximum atomic E-state index is 10.3. The molecule has 0 saturated carbocycles. The second-order valence-corrected chi connectivity index (χ2v) is 5.45. The Balaban J connectivity index is 2.18. The first-order chi connectivity index (χ1) is 8.70. The predicted octanol–water partition coefficient (Wildman–Crippen LogP) is 3.68.